The number of anilines is 1. The van der Waals surface area contributed by atoms with Gasteiger partial charge in [0.1, 0.15) is 24.8 Å². The lowest BCUT2D eigenvalue weighted by Gasteiger charge is -2.19. The first-order valence-electron chi connectivity index (χ1n) is 7.43. The smallest absolute Gasteiger partial charge is 0.234 e. The molecular formula is C17H14BrF2NO3S. The number of hydrogen-bond donors (Lipinski definition) is 1. The van der Waals surface area contributed by atoms with Crippen LogP contribution < -0.4 is 14.8 Å². The minimum absolute atomic E-state index is 0.108. The number of fused-ring (bicyclic) bond motifs is 1. The summed E-state index contributed by atoms with van der Waals surface area (Å²) in [6, 6.07) is 6.64. The number of benzene rings is 2. The van der Waals surface area contributed by atoms with Crippen LogP contribution in [-0.2, 0) is 10.5 Å². The van der Waals surface area contributed by atoms with E-state index in [9.17, 15) is 13.6 Å². The van der Waals surface area contributed by atoms with Gasteiger partial charge in [-0.3, -0.25) is 4.79 Å². The fourth-order valence-corrected chi connectivity index (χ4v) is 3.72. The number of amides is 1. The van der Waals surface area contributed by atoms with E-state index in [-0.39, 0.29) is 11.4 Å². The van der Waals surface area contributed by atoms with Gasteiger partial charge in [-0.1, -0.05) is 15.9 Å². The van der Waals surface area contributed by atoms with Crippen molar-refractivity contribution in [1.29, 1.82) is 0 Å². The number of nitrogens with one attached hydrogen (secondary N) is 1. The van der Waals surface area contributed by atoms with Crippen LogP contribution in [0.3, 0.4) is 0 Å². The SMILES string of the molecule is O=C(CSCc1cc2c(cc1Br)OCCO2)Nc1cc(F)ccc1F. The van der Waals surface area contributed by atoms with Crippen molar-refractivity contribution in [3.63, 3.8) is 0 Å². The average Bonchev–Trinajstić information content (AvgIpc) is 2.58. The van der Waals surface area contributed by atoms with Gasteiger partial charge in [0, 0.05) is 16.3 Å². The Labute approximate surface area is 156 Å². The van der Waals surface area contributed by atoms with E-state index in [0.29, 0.717) is 30.5 Å². The van der Waals surface area contributed by atoms with E-state index in [0.717, 1.165) is 28.2 Å². The lowest BCUT2D eigenvalue weighted by atomic mass is 10.2. The topological polar surface area (TPSA) is 47.6 Å². The van der Waals surface area contributed by atoms with E-state index in [4.69, 9.17) is 9.47 Å². The Balaban J connectivity index is 1.56. The first-order chi connectivity index (χ1) is 12.0. The quantitative estimate of drug-likeness (QED) is 0.766. The summed E-state index contributed by atoms with van der Waals surface area (Å²) >= 11 is 4.83. The third-order valence-corrected chi connectivity index (χ3v) is 5.12. The Morgan fingerprint density at radius 2 is 1.88 bits per heavy atom. The average molecular weight is 430 g/mol. The molecule has 0 unspecified atom stereocenters. The van der Waals surface area contributed by atoms with Crippen molar-refractivity contribution in [2.45, 2.75) is 5.75 Å². The summed E-state index contributed by atoms with van der Waals surface area (Å²) in [6.07, 6.45) is 0. The number of thioether (sulfide) groups is 1. The van der Waals surface area contributed by atoms with E-state index in [1.165, 1.54) is 11.8 Å². The Morgan fingerprint density at radius 1 is 1.16 bits per heavy atom. The fraction of sp³-hybridized carbons (Fsp3) is 0.235. The first kappa shape index (κ1) is 18.0. The second-order valence-corrected chi connectivity index (χ2v) is 7.09. The molecule has 0 atom stereocenters. The number of rotatable bonds is 5. The lowest BCUT2D eigenvalue weighted by Crippen LogP contribution is -2.16. The molecule has 25 heavy (non-hydrogen) atoms. The predicted molar refractivity (Wildman–Crippen MR) is 96.3 cm³/mol. The third-order valence-electron chi connectivity index (χ3n) is 3.40. The Kier molecular flexibility index (Phi) is 5.80. The van der Waals surface area contributed by atoms with E-state index in [1.54, 1.807) is 0 Å². The summed E-state index contributed by atoms with van der Waals surface area (Å²) in [6.45, 7) is 1.02. The molecule has 0 spiro atoms. The fourth-order valence-electron chi connectivity index (χ4n) is 2.25. The Morgan fingerprint density at radius 3 is 2.64 bits per heavy atom. The minimum Gasteiger partial charge on any atom is -0.486 e. The number of hydrogen-bond acceptors (Lipinski definition) is 4. The van der Waals surface area contributed by atoms with E-state index in [1.807, 2.05) is 12.1 Å². The van der Waals surface area contributed by atoms with Gasteiger partial charge >= 0.3 is 0 Å². The monoisotopic (exact) mass is 429 g/mol. The zero-order chi connectivity index (χ0) is 17.8. The molecule has 8 heteroatoms. The summed E-state index contributed by atoms with van der Waals surface area (Å²) in [5, 5.41) is 2.37. The van der Waals surface area contributed by atoms with Gasteiger partial charge < -0.3 is 14.8 Å². The van der Waals surface area contributed by atoms with Crippen molar-refractivity contribution in [1.82, 2.24) is 0 Å². The van der Waals surface area contributed by atoms with Crippen LogP contribution >= 0.6 is 27.7 Å². The maximum Gasteiger partial charge on any atom is 0.234 e. The molecule has 1 aliphatic heterocycles. The van der Waals surface area contributed by atoms with E-state index >= 15 is 0 Å². The molecule has 4 nitrogen and oxygen atoms in total. The second kappa shape index (κ2) is 8.05. The highest BCUT2D eigenvalue weighted by atomic mass is 79.9. The van der Waals surface area contributed by atoms with Crippen LogP contribution in [0.2, 0.25) is 0 Å². The van der Waals surface area contributed by atoms with Gasteiger partial charge in [0.25, 0.3) is 0 Å². The molecule has 1 heterocycles. The van der Waals surface area contributed by atoms with Crippen molar-refractivity contribution < 1.29 is 23.0 Å². The highest BCUT2D eigenvalue weighted by Crippen LogP contribution is 2.36. The maximum atomic E-state index is 13.5. The van der Waals surface area contributed by atoms with Crippen LogP contribution in [0.1, 0.15) is 5.56 Å². The van der Waals surface area contributed by atoms with Crippen LogP contribution in [0.25, 0.3) is 0 Å². The van der Waals surface area contributed by atoms with Gasteiger partial charge in [-0.15, -0.1) is 11.8 Å². The van der Waals surface area contributed by atoms with Gasteiger partial charge in [0.05, 0.1) is 11.4 Å². The predicted octanol–water partition coefficient (Wildman–Crippen LogP) is 4.37. The lowest BCUT2D eigenvalue weighted by molar-refractivity contribution is -0.113. The van der Waals surface area contributed by atoms with E-state index < -0.39 is 17.5 Å². The summed E-state index contributed by atoms with van der Waals surface area (Å²) in [4.78, 5) is 11.9. The molecule has 1 N–H and O–H groups in total. The van der Waals surface area contributed by atoms with Crippen molar-refractivity contribution >= 4 is 39.3 Å². The van der Waals surface area contributed by atoms with Gasteiger partial charge in [-0.05, 0) is 29.8 Å². The van der Waals surface area contributed by atoms with Crippen LogP contribution in [-0.4, -0.2) is 24.9 Å². The van der Waals surface area contributed by atoms with Crippen molar-refractivity contribution in [3.05, 3.63) is 52.0 Å². The summed E-state index contributed by atoms with van der Waals surface area (Å²) in [5.41, 5.74) is 0.796. The minimum atomic E-state index is -0.672. The summed E-state index contributed by atoms with van der Waals surface area (Å²) < 4.78 is 38.5. The summed E-state index contributed by atoms with van der Waals surface area (Å²) in [5.74, 6) is 0.345. The molecule has 0 radical (unpaired) electrons. The molecule has 2 aromatic carbocycles. The van der Waals surface area contributed by atoms with Crippen LogP contribution in [0, 0.1) is 11.6 Å². The van der Waals surface area contributed by atoms with Gasteiger partial charge in [-0.2, -0.15) is 0 Å². The molecular weight excluding hydrogens is 416 g/mol. The van der Waals surface area contributed by atoms with Crippen molar-refractivity contribution in [2.24, 2.45) is 0 Å². The molecule has 0 bridgehead atoms. The van der Waals surface area contributed by atoms with Gasteiger partial charge in [0.2, 0.25) is 5.91 Å². The zero-order valence-electron chi connectivity index (χ0n) is 13.0. The standard InChI is InChI=1S/C17H14BrF2NO3S/c18-12-7-16-15(23-3-4-24-16)5-10(12)8-25-9-17(22)21-14-6-11(19)1-2-13(14)20/h1-2,5-7H,3-4,8-9H2,(H,21,22). The molecule has 0 saturated heterocycles. The van der Waals surface area contributed by atoms with Gasteiger partial charge in [-0.25, -0.2) is 8.78 Å². The van der Waals surface area contributed by atoms with Gasteiger partial charge in [0.15, 0.2) is 11.5 Å². The third kappa shape index (κ3) is 4.64. The molecule has 0 fully saturated rings. The Bertz CT molecular complexity index is 804. The summed E-state index contributed by atoms with van der Waals surface area (Å²) in [7, 11) is 0. The van der Waals surface area contributed by atoms with Crippen molar-refractivity contribution in [2.75, 3.05) is 24.3 Å². The van der Waals surface area contributed by atoms with Crippen LogP contribution in [0.15, 0.2) is 34.8 Å². The normalized spacial score (nSPS) is 12.8. The van der Waals surface area contributed by atoms with Crippen LogP contribution in [0.5, 0.6) is 11.5 Å². The molecule has 3 rings (SSSR count). The molecule has 1 aliphatic rings. The van der Waals surface area contributed by atoms with E-state index in [2.05, 4.69) is 21.2 Å². The first-order valence-corrected chi connectivity index (χ1v) is 9.38. The largest absolute Gasteiger partial charge is 0.486 e. The highest BCUT2D eigenvalue weighted by molar-refractivity contribution is 9.10. The molecule has 0 saturated carbocycles. The number of carbonyl (C=O) groups is 1. The number of halogens is 3. The number of carbonyl (C=O) groups excluding carboxylic acids is 1. The van der Waals surface area contributed by atoms with Crippen LogP contribution in [0.4, 0.5) is 14.5 Å². The highest BCUT2D eigenvalue weighted by Gasteiger charge is 2.15. The zero-order valence-corrected chi connectivity index (χ0v) is 15.4. The molecule has 1 amide bonds. The molecule has 0 aliphatic carbocycles. The Hall–Kier alpha value is -1.80. The maximum absolute atomic E-state index is 13.5. The molecule has 2 aromatic rings. The van der Waals surface area contributed by atoms with Crippen molar-refractivity contribution in [3.8, 4) is 11.5 Å². The second-order valence-electron chi connectivity index (χ2n) is 5.25. The molecule has 132 valence electrons. The molecule has 0 aromatic heterocycles. The number of ether oxygens (including phenoxy) is 2.